The van der Waals surface area contributed by atoms with Gasteiger partial charge in [-0.25, -0.2) is 4.68 Å². The average Bonchev–Trinajstić information content (AvgIpc) is 3.43. The Morgan fingerprint density at radius 1 is 0.737 bits per heavy atom. The molecular formula is C31H35N3O4. The molecule has 0 atom stereocenters. The topological polar surface area (TPSA) is 58.0 Å². The Labute approximate surface area is 224 Å². The lowest BCUT2D eigenvalue weighted by atomic mass is 10.1. The molecule has 0 aliphatic carbocycles. The Bertz CT molecular complexity index is 1330. The maximum Gasteiger partial charge on any atom is 0.164 e. The van der Waals surface area contributed by atoms with Crippen LogP contribution >= 0.6 is 0 Å². The zero-order valence-electron chi connectivity index (χ0n) is 22.4. The number of hydrogen-bond acceptors (Lipinski definition) is 6. The summed E-state index contributed by atoms with van der Waals surface area (Å²) in [6.45, 7) is 4.03. The van der Waals surface area contributed by atoms with Crippen LogP contribution in [0.5, 0.6) is 23.0 Å². The van der Waals surface area contributed by atoms with Crippen molar-refractivity contribution in [1.29, 1.82) is 0 Å². The van der Waals surface area contributed by atoms with Crippen molar-refractivity contribution in [2.45, 2.75) is 19.3 Å². The first-order valence-corrected chi connectivity index (χ1v) is 13.1. The minimum absolute atomic E-state index is 0.606. The lowest BCUT2D eigenvalue weighted by Gasteiger charge is -2.26. The van der Waals surface area contributed by atoms with E-state index >= 15 is 0 Å². The molecule has 5 rings (SSSR count). The lowest BCUT2D eigenvalue weighted by molar-refractivity contribution is 0.183. The fourth-order valence-corrected chi connectivity index (χ4v) is 4.91. The van der Waals surface area contributed by atoms with E-state index in [1.807, 2.05) is 59.3 Å². The Balaban J connectivity index is 1.45. The summed E-state index contributed by atoms with van der Waals surface area (Å²) in [4.78, 5) is 2.48. The van der Waals surface area contributed by atoms with Crippen LogP contribution in [0.2, 0.25) is 0 Å². The second-order valence-electron chi connectivity index (χ2n) is 9.34. The number of methoxy groups -OCH3 is 3. The monoisotopic (exact) mass is 513 g/mol. The van der Waals surface area contributed by atoms with Crippen molar-refractivity contribution in [2.75, 3.05) is 47.6 Å². The SMILES string of the molecule is COc1cc(OC)c(-c2cc(-c3ccc(OCCN4CCCCC4)cc3)nn2-c2ccccc2)cc1OC. The summed E-state index contributed by atoms with van der Waals surface area (Å²) >= 11 is 0. The minimum Gasteiger partial charge on any atom is -0.496 e. The van der Waals surface area contributed by atoms with Crippen molar-refractivity contribution >= 4 is 0 Å². The van der Waals surface area contributed by atoms with E-state index in [0.29, 0.717) is 23.9 Å². The van der Waals surface area contributed by atoms with Crippen molar-refractivity contribution in [3.63, 3.8) is 0 Å². The molecule has 0 amide bonds. The minimum atomic E-state index is 0.606. The highest BCUT2D eigenvalue weighted by Gasteiger charge is 2.20. The fraction of sp³-hybridized carbons (Fsp3) is 0.323. The third kappa shape index (κ3) is 5.63. The number of likely N-dealkylation sites (tertiary alicyclic amines) is 1. The highest BCUT2D eigenvalue weighted by molar-refractivity contribution is 5.77. The summed E-state index contributed by atoms with van der Waals surface area (Å²) in [7, 11) is 4.90. The predicted octanol–water partition coefficient (Wildman–Crippen LogP) is 6.10. The normalized spacial score (nSPS) is 13.8. The first-order valence-electron chi connectivity index (χ1n) is 13.1. The Morgan fingerprint density at radius 3 is 2.11 bits per heavy atom. The molecular weight excluding hydrogens is 478 g/mol. The summed E-state index contributed by atoms with van der Waals surface area (Å²) in [6.07, 6.45) is 3.93. The Hall–Kier alpha value is -3.97. The number of ether oxygens (including phenoxy) is 4. The molecule has 1 aromatic heterocycles. The second-order valence-corrected chi connectivity index (χ2v) is 9.34. The van der Waals surface area contributed by atoms with E-state index in [-0.39, 0.29) is 0 Å². The van der Waals surface area contributed by atoms with Crippen molar-refractivity contribution in [3.8, 4) is 51.2 Å². The number of benzene rings is 3. The maximum atomic E-state index is 6.04. The van der Waals surface area contributed by atoms with Gasteiger partial charge < -0.3 is 18.9 Å². The van der Waals surface area contributed by atoms with Crippen LogP contribution < -0.4 is 18.9 Å². The van der Waals surface area contributed by atoms with Crippen LogP contribution in [-0.2, 0) is 0 Å². The third-order valence-corrected chi connectivity index (χ3v) is 6.97. The summed E-state index contributed by atoms with van der Waals surface area (Å²) in [6, 6.07) is 24.1. The Morgan fingerprint density at radius 2 is 1.42 bits per heavy atom. The van der Waals surface area contributed by atoms with Crippen LogP contribution in [0.1, 0.15) is 19.3 Å². The number of rotatable bonds is 10. The van der Waals surface area contributed by atoms with Crippen LogP contribution in [0.25, 0.3) is 28.2 Å². The zero-order valence-corrected chi connectivity index (χ0v) is 22.4. The molecule has 3 aromatic carbocycles. The van der Waals surface area contributed by atoms with Crippen LogP contribution in [0.15, 0.2) is 72.8 Å². The molecule has 0 unspecified atom stereocenters. The number of aromatic nitrogens is 2. The van der Waals surface area contributed by atoms with E-state index in [1.165, 1.54) is 32.4 Å². The van der Waals surface area contributed by atoms with E-state index in [0.717, 1.165) is 40.5 Å². The van der Waals surface area contributed by atoms with Crippen molar-refractivity contribution in [3.05, 3.63) is 72.8 Å². The average molecular weight is 514 g/mol. The largest absolute Gasteiger partial charge is 0.496 e. The molecule has 198 valence electrons. The standard InChI is InChI=1S/C31H35N3O4/c1-35-29-22-31(37-3)30(36-2)20-26(29)28-21-27(32-34(28)24-10-6-4-7-11-24)23-12-14-25(15-13-23)38-19-18-33-16-8-5-9-17-33/h4,6-7,10-15,20-22H,5,8-9,16-19H2,1-3H3. The number of piperidine rings is 1. The molecule has 2 heterocycles. The van der Waals surface area contributed by atoms with Gasteiger partial charge >= 0.3 is 0 Å². The van der Waals surface area contributed by atoms with E-state index in [1.54, 1.807) is 21.3 Å². The van der Waals surface area contributed by atoms with Gasteiger partial charge in [-0.2, -0.15) is 5.10 Å². The highest BCUT2D eigenvalue weighted by Crippen LogP contribution is 2.41. The van der Waals surface area contributed by atoms with Crippen LogP contribution in [-0.4, -0.2) is 62.3 Å². The van der Waals surface area contributed by atoms with E-state index in [2.05, 4.69) is 23.1 Å². The van der Waals surface area contributed by atoms with Crippen LogP contribution in [0.4, 0.5) is 0 Å². The van der Waals surface area contributed by atoms with Gasteiger partial charge in [0.25, 0.3) is 0 Å². The first-order chi connectivity index (χ1) is 18.7. The molecule has 1 saturated heterocycles. The summed E-state index contributed by atoms with van der Waals surface area (Å²) in [5.74, 6) is 2.77. The zero-order chi connectivity index (χ0) is 26.3. The molecule has 4 aromatic rings. The van der Waals surface area contributed by atoms with Gasteiger partial charge in [0.15, 0.2) is 11.5 Å². The van der Waals surface area contributed by atoms with Crippen molar-refractivity contribution in [2.24, 2.45) is 0 Å². The molecule has 0 radical (unpaired) electrons. The molecule has 1 aliphatic heterocycles. The van der Waals surface area contributed by atoms with E-state index in [9.17, 15) is 0 Å². The van der Waals surface area contributed by atoms with E-state index < -0.39 is 0 Å². The molecule has 0 bridgehead atoms. The number of para-hydroxylation sites is 1. The molecule has 0 saturated carbocycles. The molecule has 7 nitrogen and oxygen atoms in total. The summed E-state index contributed by atoms with van der Waals surface area (Å²) in [5, 5.41) is 5.00. The van der Waals surface area contributed by atoms with Gasteiger partial charge in [-0.05, 0) is 74.5 Å². The molecule has 7 heteroatoms. The number of hydrogen-bond donors (Lipinski definition) is 0. The third-order valence-electron chi connectivity index (χ3n) is 6.97. The summed E-state index contributed by atoms with van der Waals surface area (Å²) < 4.78 is 24.8. The van der Waals surface area contributed by atoms with Gasteiger partial charge in [-0.15, -0.1) is 0 Å². The Kier molecular flexibility index (Phi) is 8.14. The van der Waals surface area contributed by atoms with Gasteiger partial charge in [-0.3, -0.25) is 4.90 Å². The fourth-order valence-electron chi connectivity index (χ4n) is 4.91. The molecule has 1 aliphatic rings. The summed E-state index contributed by atoms with van der Waals surface area (Å²) in [5.41, 5.74) is 4.53. The van der Waals surface area contributed by atoms with Gasteiger partial charge in [0.1, 0.15) is 18.1 Å². The highest BCUT2D eigenvalue weighted by atomic mass is 16.5. The van der Waals surface area contributed by atoms with Gasteiger partial charge in [0.05, 0.1) is 38.4 Å². The molecule has 1 fully saturated rings. The van der Waals surface area contributed by atoms with Gasteiger partial charge in [-0.1, -0.05) is 24.6 Å². The smallest absolute Gasteiger partial charge is 0.164 e. The van der Waals surface area contributed by atoms with Crippen molar-refractivity contribution in [1.82, 2.24) is 14.7 Å². The lowest BCUT2D eigenvalue weighted by Crippen LogP contribution is -2.33. The van der Waals surface area contributed by atoms with Crippen LogP contribution in [0, 0.1) is 0 Å². The maximum absolute atomic E-state index is 6.04. The predicted molar refractivity (Wildman–Crippen MR) is 150 cm³/mol. The first kappa shape index (κ1) is 25.7. The molecule has 0 spiro atoms. The van der Waals surface area contributed by atoms with Crippen molar-refractivity contribution < 1.29 is 18.9 Å². The molecule has 0 N–H and O–H groups in total. The number of nitrogens with zero attached hydrogens (tertiary/aromatic N) is 3. The van der Waals surface area contributed by atoms with Crippen LogP contribution in [0.3, 0.4) is 0 Å². The van der Waals surface area contributed by atoms with Gasteiger partial charge in [0.2, 0.25) is 0 Å². The molecule has 38 heavy (non-hydrogen) atoms. The van der Waals surface area contributed by atoms with Gasteiger partial charge in [0, 0.05) is 23.7 Å². The van der Waals surface area contributed by atoms with E-state index in [4.69, 9.17) is 24.0 Å². The quantitative estimate of drug-likeness (QED) is 0.256. The second kappa shape index (κ2) is 12.0.